The Hall–Kier alpha value is -1.99. The number of amides is 3. The fourth-order valence-electron chi connectivity index (χ4n) is 1.50. The average molecular weight is 331 g/mol. The van der Waals surface area contributed by atoms with Crippen LogP contribution in [0.1, 0.15) is 48.5 Å². The molecule has 0 spiro atoms. The molecule has 134 valence electrons. The normalized spacial score (nSPS) is 11.7. The molecule has 3 N–H and O–H groups in total. The van der Waals surface area contributed by atoms with Gasteiger partial charge >= 0.3 is 12.2 Å². The summed E-state index contributed by atoms with van der Waals surface area (Å²) >= 11 is 0. The van der Waals surface area contributed by atoms with Gasteiger partial charge in [-0.3, -0.25) is 4.79 Å². The van der Waals surface area contributed by atoms with Crippen molar-refractivity contribution >= 4 is 18.1 Å². The van der Waals surface area contributed by atoms with E-state index in [0.29, 0.717) is 0 Å². The quantitative estimate of drug-likeness (QED) is 0.708. The summed E-state index contributed by atoms with van der Waals surface area (Å²) in [6.45, 7) is 12.1. The van der Waals surface area contributed by atoms with Crippen LogP contribution in [0, 0.1) is 0 Å². The smallest absolute Gasteiger partial charge is 0.407 e. The number of carbonyl (C=O) groups excluding carboxylic acids is 3. The van der Waals surface area contributed by atoms with Crippen LogP contribution in [-0.4, -0.2) is 48.4 Å². The van der Waals surface area contributed by atoms with Gasteiger partial charge in [0.1, 0.15) is 11.2 Å². The van der Waals surface area contributed by atoms with E-state index in [9.17, 15) is 14.4 Å². The van der Waals surface area contributed by atoms with E-state index in [-0.39, 0.29) is 19.0 Å². The molecule has 8 nitrogen and oxygen atoms in total. The minimum absolute atomic E-state index is 0.115. The highest BCUT2D eigenvalue weighted by atomic mass is 16.6. The summed E-state index contributed by atoms with van der Waals surface area (Å²) in [7, 11) is 0. The van der Waals surface area contributed by atoms with E-state index in [0.717, 1.165) is 0 Å². The second-order valence-electron chi connectivity index (χ2n) is 7.16. The maximum atomic E-state index is 11.6. The lowest BCUT2D eigenvalue weighted by Gasteiger charge is -2.24. The molecule has 3 amide bonds. The van der Waals surface area contributed by atoms with Gasteiger partial charge in [-0.05, 0) is 41.5 Å². The minimum atomic E-state index is -0.609. The number of ether oxygens (including phenoxy) is 2. The van der Waals surface area contributed by atoms with Crippen LogP contribution in [0.3, 0.4) is 0 Å². The van der Waals surface area contributed by atoms with Crippen LogP contribution in [0.25, 0.3) is 0 Å². The standard InChI is InChI=1S/C15H29N3O5/c1-10(19)18-11(8-16-12(20)22-14(2,3)4)9-17-13(21)23-15(5,6)7/h11H,8-9H2,1-7H3,(H,16,20)(H,17,21)(H,18,19). The molecule has 8 heteroatoms. The van der Waals surface area contributed by atoms with Crippen molar-refractivity contribution in [2.75, 3.05) is 13.1 Å². The number of nitrogens with one attached hydrogen (secondary N) is 3. The lowest BCUT2D eigenvalue weighted by molar-refractivity contribution is -0.119. The molecule has 0 bridgehead atoms. The number of hydrogen-bond acceptors (Lipinski definition) is 5. The van der Waals surface area contributed by atoms with Gasteiger partial charge in [-0.2, -0.15) is 0 Å². The van der Waals surface area contributed by atoms with Crippen molar-refractivity contribution < 1.29 is 23.9 Å². The van der Waals surface area contributed by atoms with E-state index in [1.807, 2.05) is 0 Å². The highest BCUT2D eigenvalue weighted by Crippen LogP contribution is 2.07. The Kier molecular flexibility index (Phi) is 7.85. The Morgan fingerprint density at radius 1 is 0.826 bits per heavy atom. The third-order valence-corrected chi connectivity index (χ3v) is 2.19. The Balaban J connectivity index is 4.39. The van der Waals surface area contributed by atoms with Crippen molar-refractivity contribution in [3.63, 3.8) is 0 Å². The lowest BCUT2D eigenvalue weighted by Crippen LogP contribution is -2.50. The van der Waals surface area contributed by atoms with E-state index in [2.05, 4.69) is 16.0 Å². The highest BCUT2D eigenvalue weighted by molar-refractivity contribution is 5.74. The first kappa shape index (κ1) is 21.0. The predicted molar refractivity (Wildman–Crippen MR) is 86.1 cm³/mol. The van der Waals surface area contributed by atoms with Crippen LogP contribution < -0.4 is 16.0 Å². The Morgan fingerprint density at radius 2 is 1.17 bits per heavy atom. The van der Waals surface area contributed by atoms with Crippen LogP contribution in [0.4, 0.5) is 9.59 Å². The van der Waals surface area contributed by atoms with Gasteiger partial charge in [0, 0.05) is 20.0 Å². The molecule has 0 unspecified atom stereocenters. The van der Waals surface area contributed by atoms with Crippen molar-refractivity contribution in [2.45, 2.75) is 65.7 Å². The second kappa shape index (κ2) is 8.59. The maximum absolute atomic E-state index is 11.6. The summed E-state index contributed by atoms with van der Waals surface area (Å²) in [5, 5.41) is 7.73. The molecule has 0 aromatic rings. The van der Waals surface area contributed by atoms with E-state index < -0.39 is 29.4 Å². The summed E-state index contributed by atoms with van der Waals surface area (Å²) in [5.74, 6) is -0.271. The van der Waals surface area contributed by atoms with Crippen molar-refractivity contribution in [1.29, 1.82) is 0 Å². The van der Waals surface area contributed by atoms with Crippen molar-refractivity contribution in [2.24, 2.45) is 0 Å². The highest BCUT2D eigenvalue weighted by Gasteiger charge is 2.20. The third kappa shape index (κ3) is 13.4. The van der Waals surface area contributed by atoms with Gasteiger partial charge in [0.25, 0.3) is 0 Å². The zero-order valence-corrected chi connectivity index (χ0v) is 15.0. The van der Waals surface area contributed by atoms with Crippen molar-refractivity contribution in [1.82, 2.24) is 16.0 Å². The fourth-order valence-corrected chi connectivity index (χ4v) is 1.50. The molecule has 0 aromatic carbocycles. The Bertz CT molecular complexity index is 392. The first-order chi connectivity index (χ1) is 10.3. The fraction of sp³-hybridized carbons (Fsp3) is 0.800. The molecule has 0 heterocycles. The SMILES string of the molecule is CC(=O)NC(CNC(=O)OC(C)(C)C)CNC(=O)OC(C)(C)C. The van der Waals surface area contributed by atoms with Crippen molar-refractivity contribution in [3.8, 4) is 0 Å². The second-order valence-corrected chi connectivity index (χ2v) is 7.16. The molecular formula is C15H29N3O5. The zero-order valence-electron chi connectivity index (χ0n) is 15.0. The molecular weight excluding hydrogens is 302 g/mol. The topological polar surface area (TPSA) is 106 Å². The molecule has 0 atom stereocenters. The number of carbonyl (C=O) groups is 3. The van der Waals surface area contributed by atoms with Gasteiger partial charge in [-0.15, -0.1) is 0 Å². The minimum Gasteiger partial charge on any atom is -0.444 e. The van der Waals surface area contributed by atoms with Crippen LogP contribution in [0.2, 0.25) is 0 Å². The van der Waals surface area contributed by atoms with Gasteiger partial charge in [0.15, 0.2) is 0 Å². The van der Waals surface area contributed by atoms with E-state index in [4.69, 9.17) is 9.47 Å². The molecule has 0 aliphatic carbocycles. The summed E-state index contributed by atoms with van der Waals surface area (Å²) in [4.78, 5) is 34.4. The third-order valence-electron chi connectivity index (χ3n) is 2.19. The number of hydrogen-bond donors (Lipinski definition) is 3. The first-order valence-corrected chi connectivity index (χ1v) is 7.49. The summed E-state index contributed by atoms with van der Waals surface area (Å²) in [6, 6.07) is -0.479. The van der Waals surface area contributed by atoms with E-state index in [1.165, 1.54) is 6.92 Å². The number of rotatable bonds is 5. The zero-order chi connectivity index (χ0) is 18.3. The summed E-state index contributed by atoms with van der Waals surface area (Å²) in [5.41, 5.74) is -1.22. The summed E-state index contributed by atoms with van der Waals surface area (Å²) < 4.78 is 10.2. The van der Waals surface area contributed by atoms with Crippen LogP contribution in [0.15, 0.2) is 0 Å². The van der Waals surface area contributed by atoms with Crippen LogP contribution >= 0.6 is 0 Å². The molecule has 0 saturated heterocycles. The Morgan fingerprint density at radius 3 is 1.43 bits per heavy atom. The first-order valence-electron chi connectivity index (χ1n) is 7.49. The largest absolute Gasteiger partial charge is 0.444 e. The predicted octanol–water partition coefficient (Wildman–Crippen LogP) is 1.54. The summed E-state index contributed by atoms with van der Waals surface area (Å²) in [6.07, 6.45) is -1.18. The molecule has 0 fully saturated rings. The molecule has 0 saturated carbocycles. The molecule has 0 rings (SSSR count). The average Bonchev–Trinajstić information content (AvgIpc) is 2.27. The molecule has 0 radical (unpaired) electrons. The lowest BCUT2D eigenvalue weighted by atomic mass is 10.2. The van der Waals surface area contributed by atoms with E-state index >= 15 is 0 Å². The van der Waals surface area contributed by atoms with Gasteiger partial charge in [0.05, 0.1) is 6.04 Å². The van der Waals surface area contributed by atoms with Gasteiger partial charge in [0.2, 0.25) is 5.91 Å². The van der Waals surface area contributed by atoms with Crippen LogP contribution in [0.5, 0.6) is 0 Å². The van der Waals surface area contributed by atoms with E-state index in [1.54, 1.807) is 41.5 Å². The molecule has 0 aliphatic heterocycles. The number of alkyl carbamates (subject to hydrolysis) is 2. The van der Waals surface area contributed by atoms with Gasteiger partial charge in [-0.1, -0.05) is 0 Å². The monoisotopic (exact) mass is 331 g/mol. The van der Waals surface area contributed by atoms with Crippen molar-refractivity contribution in [3.05, 3.63) is 0 Å². The van der Waals surface area contributed by atoms with Gasteiger partial charge in [-0.25, -0.2) is 9.59 Å². The molecule has 0 aromatic heterocycles. The maximum Gasteiger partial charge on any atom is 0.407 e. The molecule has 0 aliphatic rings. The Labute approximate surface area is 137 Å². The molecule has 23 heavy (non-hydrogen) atoms. The van der Waals surface area contributed by atoms with Gasteiger partial charge < -0.3 is 25.4 Å². The van der Waals surface area contributed by atoms with Crippen LogP contribution in [-0.2, 0) is 14.3 Å².